The highest BCUT2D eigenvalue weighted by atomic mass is 16.5. The van der Waals surface area contributed by atoms with Crippen molar-refractivity contribution in [2.75, 3.05) is 6.54 Å². The van der Waals surface area contributed by atoms with Crippen LogP contribution < -0.4 is 5.32 Å². The van der Waals surface area contributed by atoms with E-state index in [0.717, 1.165) is 37.3 Å². The van der Waals surface area contributed by atoms with Crippen molar-refractivity contribution in [3.8, 4) is 11.5 Å². The van der Waals surface area contributed by atoms with Gasteiger partial charge in [0.05, 0.1) is 6.20 Å². The molecule has 3 rings (SSSR count). The van der Waals surface area contributed by atoms with Gasteiger partial charge in [-0.15, -0.1) is 0 Å². The maximum atomic E-state index is 5.28. The van der Waals surface area contributed by atoms with Crippen LogP contribution in [0, 0.1) is 0 Å². The van der Waals surface area contributed by atoms with Crippen molar-refractivity contribution in [3.05, 3.63) is 53.1 Å². The molecule has 138 valence electrons. The predicted molar refractivity (Wildman–Crippen MR) is 102 cm³/mol. The van der Waals surface area contributed by atoms with Gasteiger partial charge in [-0.25, -0.2) is 0 Å². The Hall–Kier alpha value is -2.47. The van der Waals surface area contributed by atoms with E-state index in [1.54, 1.807) is 0 Å². The molecular weight excluding hydrogens is 326 g/mol. The second kappa shape index (κ2) is 7.83. The van der Waals surface area contributed by atoms with Crippen LogP contribution in [-0.4, -0.2) is 26.9 Å². The molecular formula is C20H27N5O. The van der Waals surface area contributed by atoms with E-state index >= 15 is 0 Å². The summed E-state index contributed by atoms with van der Waals surface area (Å²) in [6, 6.07) is 8.31. The minimum absolute atomic E-state index is 0.0791. The Bertz CT molecular complexity index is 827. The standard InChI is InChI=1S/C20H27N5O/c1-5-17-23-19(26-25-17)15-8-6-14(7-9-15)10-11-21-12-16-13-22-24-18(16)20(2,3)4/h6-9,13,21H,5,10-12H2,1-4H3,(H,22,24). The van der Waals surface area contributed by atoms with Gasteiger partial charge in [-0.2, -0.15) is 10.1 Å². The monoisotopic (exact) mass is 353 g/mol. The lowest BCUT2D eigenvalue weighted by atomic mass is 9.89. The van der Waals surface area contributed by atoms with E-state index in [1.807, 2.05) is 25.3 Å². The minimum atomic E-state index is 0.0791. The zero-order valence-corrected chi connectivity index (χ0v) is 16.0. The van der Waals surface area contributed by atoms with E-state index in [1.165, 1.54) is 16.8 Å². The number of aromatic amines is 1. The molecule has 0 aliphatic rings. The first kappa shape index (κ1) is 18.3. The third-order valence-corrected chi connectivity index (χ3v) is 4.36. The van der Waals surface area contributed by atoms with Gasteiger partial charge < -0.3 is 9.84 Å². The lowest BCUT2D eigenvalue weighted by Crippen LogP contribution is -2.20. The molecule has 0 radical (unpaired) electrons. The van der Waals surface area contributed by atoms with Crippen molar-refractivity contribution in [1.29, 1.82) is 0 Å². The van der Waals surface area contributed by atoms with Crippen LogP contribution in [0.15, 0.2) is 35.0 Å². The molecule has 0 saturated heterocycles. The van der Waals surface area contributed by atoms with Gasteiger partial charge in [-0.05, 0) is 30.7 Å². The third-order valence-electron chi connectivity index (χ3n) is 4.36. The first-order chi connectivity index (χ1) is 12.5. The van der Waals surface area contributed by atoms with Gasteiger partial charge >= 0.3 is 0 Å². The van der Waals surface area contributed by atoms with Crippen molar-refractivity contribution in [3.63, 3.8) is 0 Å². The van der Waals surface area contributed by atoms with Crippen LogP contribution >= 0.6 is 0 Å². The SMILES string of the molecule is CCc1noc(-c2ccc(CCNCc3cn[nH]c3C(C)(C)C)cc2)n1. The Morgan fingerprint density at radius 1 is 1.15 bits per heavy atom. The van der Waals surface area contributed by atoms with Crippen molar-refractivity contribution in [1.82, 2.24) is 25.7 Å². The maximum absolute atomic E-state index is 5.28. The molecule has 0 aliphatic carbocycles. The predicted octanol–water partition coefficient (Wildman–Crippen LogP) is 3.65. The molecule has 6 heteroatoms. The summed E-state index contributed by atoms with van der Waals surface area (Å²) in [6.07, 6.45) is 3.66. The molecule has 1 aromatic carbocycles. The number of aromatic nitrogens is 4. The highest BCUT2D eigenvalue weighted by molar-refractivity contribution is 5.53. The van der Waals surface area contributed by atoms with E-state index < -0.39 is 0 Å². The van der Waals surface area contributed by atoms with Crippen LogP contribution in [0.1, 0.15) is 50.3 Å². The highest BCUT2D eigenvalue weighted by Gasteiger charge is 2.19. The van der Waals surface area contributed by atoms with Crippen LogP contribution in [0.2, 0.25) is 0 Å². The number of rotatable bonds is 7. The van der Waals surface area contributed by atoms with Gasteiger partial charge in [-0.3, -0.25) is 5.10 Å². The van der Waals surface area contributed by atoms with Crippen molar-refractivity contribution < 1.29 is 4.52 Å². The molecule has 0 fully saturated rings. The van der Waals surface area contributed by atoms with Crippen LogP contribution in [0.25, 0.3) is 11.5 Å². The fraction of sp³-hybridized carbons (Fsp3) is 0.450. The topological polar surface area (TPSA) is 79.6 Å². The molecule has 2 heterocycles. The van der Waals surface area contributed by atoms with Crippen molar-refractivity contribution in [2.24, 2.45) is 0 Å². The first-order valence-corrected chi connectivity index (χ1v) is 9.12. The van der Waals surface area contributed by atoms with Gasteiger partial charge in [0.15, 0.2) is 5.82 Å². The van der Waals surface area contributed by atoms with Crippen molar-refractivity contribution >= 4 is 0 Å². The quantitative estimate of drug-likeness (QED) is 0.634. The normalized spacial score (nSPS) is 11.8. The Kier molecular flexibility index (Phi) is 5.52. The van der Waals surface area contributed by atoms with Crippen LogP contribution in [0.5, 0.6) is 0 Å². The van der Waals surface area contributed by atoms with Gasteiger partial charge in [-0.1, -0.05) is 45.0 Å². The molecule has 0 saturated carbocycles. The van der Waals surface area contributed by atoms with Crippen LogP contribution in [0.4, 0.5) is 0 Å². The number of hydrogen-bond donors (Lipinski definition) is 2. The van der Waals surface area contributed by atoms with E-state index in [0.29, 0.717) is 5.89 Å². The van der Waals surface area contributed by atoms with E-state index in [-0.39, 0.29) is 5.41 Å². The Morgan fingerprint density at radius 3 is 2.58 bits per heavy atom. The van der Waals surface area contributed by atoms with E-state index in [2.05, 4.69) is 58.6 Å². The minimum Gasteiger partial charge on any atom is -0.334 e. The van der Waals surface area contributed by atoms with Crippen LogP contribution in [-0.2, 0) is 24.8 Å². The summed E-state index contributed by atoms with van der Waals surface area (Å²) in [7, 11) is 0. The number of hydrogen-bond acceptors (Lipinski definition) is 5. The van der Waals surface area contributed by atoms with Gasteiger partial charge in [0.1, 0.15) is 0 Å². The Labute approximate surface area is 154 Å². The molecule has 2 N–H and O–H groups in total. The fourth-order valence-electron chi connectivity index (χ4n) is 2.88. The van der Waals surface area contributed by atoms with Gasteiger partial charge in [0.25, 0.3) is 5.89 Å². The smallest absolute Gasteiger partial charge is 0.257 e. The molecule has 2 aromatic heterocycles. The maximum Gasteiger partial charge on any atom is 0.257 e. The molecule has 0 spiro atoms. The zero-order chi connectivity index (χ0) is 18.6. The summed E-state index contributed by atoms with van der Waals surface area (Å²) < 4.78 is 5.28. The Morgan fingerprint density at radius 2 is 1.92 bits per heavy atom. The molecule has 0 atom stereocenters. The summed E-state index contributed by atoms with van der Waals surface area (Å²) in [5.74, 6) is 1.32. The Balaban J connectivity index is 1.50. The zero-order valence-electron chi connectivity index (χ0n) is 16.0. The molecule has 0 unspecified atom stereocenters. The second-order valence-corrected chi connectivity index (χ2v) is 7.51. The second-order valence-electron chi connectivity index (χ2n) is 7.51. The molecule has 0 amide bonds. The molecule has 6 nitrogen and oxygen atoms in total. The summed E-state index contributed by atoms with van der Waals surface area (Å²) in [5.41, 5.74) is 4.74. The summed E-state index contributed by atoms with van der Waals surface area (Å²) in [5, 5.41) is 14.8. The largest absolute Gasteiger partial charge is 0.334 e. The van der Waals surface area contributed by atoms with Gasteiger partial charge in [0.2, 0.25) is 0 Å². The number of aryl methyl sites for hydroxylation is 1. The summed E-state index contributed by atoms with van der Waals surface area (Å²) in [6.45, 7) is 10.3. The fourth-order valence-corrected chi connectivity index (χ4v) is 2.88. The highest BCUT2D eigenvalue weighted by Crippen LogP contribution is 2.23. The lowest BCUT2D eigenvalue weighted by Gasteiger charge is -2.18. The molecule has 0 bridgehead atoms. The van der Waals surface area contributed by atoms with E-state index in [9.17, 15) is 0 Å². The van der Waals surface area contributed by atoms with E-state index in [4.69, 9.17) is 4.52 Å². The molecule has 26 heavy (non-hydrogen) atoms. The summed E-state index contributed by atoms with van der Waals surface area (Å²) >= 11 is 0. The number of nitrogens with zero attached hydrogens (tertiary/aromatic N) is 3. The number of H-pyrrole nitrogens is 1. The van der Waals surface area contributed by atoms with Crippen LogP contribution in [0.3, 0.4) is 0 Å². The molecule has 0 aliphatic heterocycles. The van der Waals surface area contributed by atoms with Crippen molar-refractivity contribution in [2.45, 2.75) is 52.5 Å². The first-order valence-electron chi connectivity index (χ1n) is 9.12. The molecule has 3 aromatic rings. The average molecular weight is 353 g/mol. The number of nitrogens with one attached hydrogen (secondary N) is 2. The summed E-state index contributed by atoms with van der Waals surface area (Å²) in [4.78, 5) is 4.36. The van der Waals surface area contributed by atoms with Gasteiger partial charge in [0, 0.05) is 35.2 Å². The lowest BCUT2D eigenvalue weighted by molar-refractivity contribution is 0.423. The number of benzene rings is 1. The average Bonchev–Trinajstić information content (AvgIpc) is 3.28. The third kappa shape index (κ3) is 4.38.